The van der Waals surface area contributed by atoms with E-state index in [0.29, 0.717) is 12.4 Å². The van der Waals surface area contributed by atoms with Crippen LogP contribution < -0.4 is 15.0 Å². The van der Waals surface area contributed by atoms with Gasteiger partial charge in [0.05, 0.1) is 24.1 Å². The molecule has 3 rings (SSSR count). The van der Waals surface area contributed by atoms with Gasteiger partial charge in [0.2, 0.25) is 0 Å². The molecule has 2 aromatic rings. The van der Waals surface area contributed by atoms with Crippen LogP contribution in [0.2, 0.25) is 0 Å². The van der Waals surface area contributed by atoms with Crippen molar-refractivity contribution in [3.8, 4) is 5.75 Å². The van der Waals surface area contributed by atoms with E-state index >= 15 is 0 Å². The standard InChI is InChI=1S/C20H25FN2O2/c21-16-6-8-18(9-7-16)25-15-3-12-22-19-4-1-2-5-20(19)23-13-10-17(24)11-14-23/h1-2,4-9,17,22,24H,3,10-15H2. The first-order chi connectivity index (χ1) is 12.2. The second-order valence-electron chi connectivity index (χ2n) is 6.32. The van der Waals surface area contributed by atoms with E-state index in [1.54, 1.807) is 12.1 Å². The smallest absolute Gasteiger partial charge is 0.123 e. The van der Waals surface area contributed by atoms with Crippen LogP contribution in [0.3, 0.4) is 0 Å². The number of aliphatic hydroxyl groups is 1. The van der Waals surface area contributed by atoms with Gasteiger partial charge in [-0.2, -0.15) is 0 Å². The maximum atomic E-state index is 12.8. The van der Waals surface area contributed by atoms with Crippen LogP contribution in [0, 0.1) is 5.82 Å². The summed E-state index contributed by atoms with van der Waals surface area (Å²) in [6.07, 6.45) is 2.32. The van der Waals surface area contributed by atoms with Crippen LogP contribution in [0.4, 0.5) is 15.8 Å². The van der Waals surface area contributed by atoms with Gasteiger partial charge in [-0.1, -0.05) is 12.1 Å². The molecule has 0 radical (unpaired) electrons. The number of hydrogen-bond donors (Lipinski definition) is 2. The normalized spacial score (nSPS) is 15.2. The Kier molecular flexibility index (Phi) is 6.12. The van der Waals surface area contributed by atoms with E-state index in [2.05, 4.69) is 22.3 Å². The Bertz CT molecular complexity index is 655. The fourth-order valence-electron chi connectivity index (χ4n) is 3.02. The lowest BCUT2D eigenvalue weighted by atomic mass is 10.1. The molecule has 1 aliphatic rings. The molecule has 134 valence electrons. The number of hydrogen-bond acceptors (Lipinski definition) is 4. The molecule has 0 aliphatic carbocycles. The molecular weight excluding hydrogens is 319 g/mol. The molecular formula is C20H25FN2O2. The van der Waals surface area contributed by atoms with Gasteiger partial charge < -0.3 is 20.1 Å². The average Bonchev–Trinajstić information content (AvgIpc) is 2.64. The topological polar surface area (TPSA) is 44.7 Å². The molecule has 0 saturated carbocycles. The van der Waals surface area contributed by atoms with Gasteiger partial charge in [-0.05, 0) is 55.7 Å². The first-order valence-corrected chi connectivity index (χ1v) is 8.86. The Morgan fingerprint density at radius 1 is 1.08 bits per heavy atom. The quantitative estimate of drug-likeness (QED) is 0.752. The minimum atomic E-state index is -0.254. The highest BCUT2D eigenvalue weighted by molar-refractivity contribution is 5.70. The highest BCUT2D eigenvalue weighted by Crippen LogP contribution is 2.28. The number of para-hydroxylation sites is 2. The van der Waals surface area contributed by atoms with Crippen LogP contribution in [0.15, 0.2) is 48.5 Å². The molecule has 1 fully saturated rings. The van der Waals surface area contributed by atoms with Gasteiger partial charge in [-0.25, -0.2) is 4.39 Å². The van der Waals surface area contributed by atoms with Crippen LogP contribution in [0.5, 0.6) is 5.75 Å². The van der Waals surface area contributed by atoms with Crippen LogP contribution >= 0.6 is 0 Å². The third-order valence-electron chi connectivity index (χ3n) is 4.43. The number of rotatable bonds is 7. The van der Waals surface area contributed by atoms with Crippen molar-refractivity contribution in [2.24, 2.45) is 0 Å². The molecule has 25 heavy (non-hydrogen) atoms. The SMILES string of the molecule is OC1CCN(c2ccccc2NCCCOc2ccc(F)cc2)CC1. The van der Waals surface area contributed by atoms with E-state index in [-0.39, 0.29) is 11.9 Å². The van der Waals surface area contributed by atoms with Crippen LogP contribution in [0.25, 0.3) is 0 Å². The Morgan fingerprint density at radius 3 is 2.56 bits per heavy atom. The van der Waals surface area contributed by atoms with Crippen molar-refractivity contribution in [1.82, 2.24) is 0 Å². The van der Waals surface area contributed by atoms with Gasteiger partial charge in [0.25, 0.3) is 0 Å². The Morgan fingerprint density at radius 2 is 1.80 bits per heavy atom. The average molecular weight is 344 g/mol. The zero-order chi connectivity index (χ0) is 17.5. The Balaban J connectivity index is 1.46. The first-order valence-electron chi connectivity index (χ1n) is 8.86. The molecule has 4 nitrogen and oxygen atoms in total. The molecule has 0 bridgehead atoms. The number of nitrogens with zero attached hydrogens (tertiary/aromatic N) is 1. The van der Waals surface area contributed by atoms with E-state index < -0.39 is 0 Å². The first kappa shape index (κ1) is 17.5. The minimum absolute atomic E-state index is 0.167. The number of nitrogens with one attached hydrogen (secondary N) is 1. The lowest BCUT2D eigenvalue weighted by Crippen LogP contribution is -2.36. The number of ether oxygens (including phenoxy) is 1. The summed E-state index contributed by atoms with van der Waals surface area (Å²) in [5, 5.41) is 13.1. The zero-order valence-electron chi connectivity index (χ0n) is 14.3. The van der Waals surface area contributed by atoms with Crippen molar-refractivity contribution < 1.29 is 14.2 Å². The van der Waals surface area contributed by atoms with E-state index in [9.17, 15) is 9.50 Å². The summed E-state index contributed by atoms with van der Waals surface area (Å²) >= 11 is 0. The fourth-order valence-corrected chi connectivity index (χ4v) is 3.02. The van der Waals surface area contributed by atoms with Gasteiger partial charge in [0.15, 0.2) is 0 Å². The van der Waals surface area contributed by atoms with Crippen molar-refractivity contribution in [2.75, 3.05) is 36.5 Å². The van der Waals surface area contributed by atoms with Crippen molar-refractivity contribution >= 4 is 11.4 Å². The summed E-state index contributed by atoms with van der Waals surface area (Å²) < 4.78 is 18.5. The molecule has 1 aliphatic heterocycles. The number of aliphatic hydroxyl groups excluding tert-OH is 1. The van der Waals surface area contributed by atoms with Gasteiger partial charge in [-0.15, -0.1) is 0 Å². The summed E-state index contributed by atoms with van der Waals surface area (Å²) in [6.45, 7) is 3.15. The molecule has 0 unspecified atom stereocenters. The highest BCUT2D eigenvalue weighted by atomic mass is 19.1. The molecule has 2 N–H and O–H groups in total. The zero-order valence-corrected chi connectivity index (χ0v) is 14.3. The number of anilines is 2. The monoisotopic (exact) mass is 344 g/mol. The maximum absolute atomic E-state index is 12.8. The lowest BCUT2D eigenvalue weighted by molar-refractivity contribution is 0.145. The van der Waals surface area contributed by atoms with Gasteiger partial charge in [-0.3, -0.25) is 0 Å². The molecule has 2 aromatic carbocycles. The summed E-state index contributed by atoms with van der Waals surface area (Å²) in [6, 6.07) is 14.4. The van der Waals surface area contributed by atoms with Crippen molar-refractivity contribution in [3.05, 3.63) is 54.3 Å². The molecule has 0 spiro atoms. The highest BCUT2D eigenvalue weighted by Gasteiger charge is 2.18. The number of halogens is 1. The molecule has 0 atom stereocenters. The van der Waals surface area contributed by atoms with Gasteiger partial charge >= 0.3 is 0 Å². The predicted molar refractivity (Wildman–Crippen MR) is 98.9 cm³/mol. The van der Waals surface area contributed by atoms with Gasteiger partial charge in [0.1, 0.15) is 11.6 Å². The maximum Gasteiger partial charge on any atom is 0.123 e. The summed E-state index contributed by atoms with van der Waals surface area (Å²) in [7, 11) is 0. The summed E-state index contributed by atoms with van der Waals surface area (Å²) in [5.74, 6) is 0.435. The molecule has 0 aromatic heterocycles. The molecule has 1 saturated heterocycles. The largest absolute Gasteiger partial charge is 0.494 e. The Hall–Kier alpha value is -2.27. The van der Waals surface area contributed by atoms with E-state index in [1.807, 2.05) is 12.1 Å². The van der Waals surface area contributed by atoms with E-state index in [1.165, 1.54) is 17.8 Å². The second kappa shape index (κ2) is 8.72. The van der Waals surface area contributed by atoms with E-state index in [0.717, 1.165) is 44.6 Å². The summed E-state index contributed by atoms with van der Waals surface area (Å²) in [5.41, 5.74) is 2.30. The van der Waals surface area contributed by atoms with Crippen LogP contribution in [-0.2, 0) is 0 Å². The molecule has 5 heteroatoms. The second-order valence-corrected chi connectivity index (χ2v) is 6.32. The van der Waals surface area contributed by atoms with Gasteiger partial charge in [0, 0.05) is 19.6 Å². The van der Waals surface area contributed by atoms with Crippen molar-refractivity contribution in [3.63, 3.8) is 0 Å². The lowest BCUT2D eigenvalue weighted by Gasteiger charge is -2.33. The number of benzene rings is 2. The summed E-state index contributed by atoms with van der Waals surface area (Å²) in [4.78, 5) is 2.32. The van der Waals surface area contributed by atoms with Crippen LogP contribution in [0.1, 0.15) is 19.3 Å². The van der Waals surface area contributed by atoms with Crippen molar-refractivity contribution in [2.45, 2.75) is 25.4 Å². The molecule has 0 amide bonds. The Labute approximate surface area is 148 Å². The van der Waals surface area contributed by atoms with Crippen LogP contribution in [-0.4, -0.2) is 37.5 Å². The minimum Gasteiger partial charge on any atom is -0.494 e. The van der Waals surface area contributed by atoms with E-state index in [4.69, 9.17) is 4.74 Å². The predicted octanol–water partition coefficient (Wildman–Crippen LogP) is 3.67. The fraction of sp³-hybridized carbons (Fsp3) is 0.400. The number of piperidine rings is 1. The molecule has 1 heterocycles. The third kappa shape index (κ3) is 5.10. The van der Waals surface area contributed by atoms with Crippen molar-refractivity contribution in [1.29, 1.82) is 0 Å². The third-order valence-corrected chi connectivity index (χ3v) is 4.43.